The summed E-state index contributed by atoms with van der Waals surface area (Å²) in [5, 5.41) is 3.37. The fraction of sp³-hybridized carbons (Fsp3) is 0.125. The number of para-hydroxylation sites is 1. The molecule has 4 nitrogen and oxygen atoms in total. The van der Waals surface area contributed by atoms with Gasteiger partial charge in [-0.3, -0.25) is 0 Å². The first kappa shape index (κ1) is 14.9. The first-order valence-corrected chi connectivity index (χ1v) is 8.09. The number of rotatable bonds is 1. The summed E-state index contributed by atoms with van der Waals surface area (Å²) in [6.07, 6.45) is 0. The highest BCUT2D eigenvalue weighted by Crippen LogP contribution is 2.34. The number of aliphatic imine (C=N–C) groups is 1. The Morgan fingerprint density at radius 1 is 1.23 bits per heavy atom. The van der Waals surface area contributed by atoms with Gasteiger partial charge in [-0.2, -0.15) is 4.99 Å². The molecular formula is C16H14ClN3OS. The molecule has 0 saturated carbocycles. The van der Waals surface area contributed by atoms with Gasteiger partial charge in [0, 0.05) is 22.7 Å². The molecule has 1 aliphatic heterocycles. The zero-order chi connectivity index (χ0) is 15.5. The summed E-state index contributed by atoms with van der Waals surface area (Å²) in [7, 11) is 1.92. The van der Waals surface area contributed by atoms with Crippen LogP contribution >= 0.6 is 23.4 Å². The van der Waals surface area contributed by atoms with E-state index in [-0.39, 0.29) is 6.03 Å². The Morgan fingerprint density at radius 2 is 1.95 bits per heavy atom. The second kappa shape index (κ2) is 6.42. The van der Waals surface area contributed by atoms with E-state index in [4.69, 9.17) is 11.6 Å². The Kier molecular flexibility index (Phi) is 4.36. The van der Waals surface area contributed by atoms with E-state index >= 15 is 0 Å². The van der Waals surface area contributed by atoms with Crippen LogP contribution in [0.25, 0.3) is 0 Å². The zero-order valence-corrected chi connectivity index (χ0v) is 13.5. The maximum atomic E-state index is 12.1. The highest BCUT2D eigenvalue weighted by atomic mass is 35.5. The van der Waals surface area contributed by atoms with Crippen molar-refractivity contribution < 1.29 is 4.79 Å². The van der Waals surface area contributed by atoms with Crippen LogP contribution in [0.4, 0.5) is 16.2 Å². The van der Waals surface area contributed by atoms with Gasteiger partial charge in [0.15, 0.2) is 0 Å². The number of hydrogen-bond donors (Lipinski definition) is 1. The normalized spacial score (nSPS) is 15.5. The average Bonchev–Trinajstić information content (AvgIpc) is 2.53. The number of amides is 2. The van der Waals surface area contributed by atoms with Crippen LogP contribution in [-0.4, -0.2) is 24.7 Å². The molecule has 0 atom stereocenters. The highest BCUT2D eigenvalue weighted by molar-refractivity contribution is 8.00. The second-order valence-electron chi connectivity index (χ2n) is 4.78. The van der Waals surface area contributed by atoms with E-state index in [1.807, 2.05) is 30.1 Å². The number of nitrogens with one attached hydrogen (secondary N) is 1. The number of hydrogen-bond acceptors (Lipinski definition) is 2. The Labute approximate surface area is 138 Å². The first-order chi connectivity index (χ1) is 10.6. The van der Waals surface area contributed by atoms with Crippen LogP contribution < -0.4 is 10.2 Å². The molecule has 3 rings (SSSR count). The number of carbonyl (C=O) groups excluding carboxylic acids is 1. The van der Waals surface area contributed by atoms with Gasteiger partial charge >= 0.3 is 6.03 Å². The molecule has 0 fully saturated rings. The molecule has 112 valence electrons. The summed E-state index contributed by atoms with van der Waals surface area (Å²) < 4.78 is 0. The highest BCUT2D eigenvalue weighted by Gasteiger charge is 2.20. The molecule has 0 unspecified atom stereocenters. The van der Waals surface area contributed by atoms with Crippen LogP contribution in [0.5, 0.6) is 0 Å². The molecule has 0 bridgehead atoms. The van der Waals surface area contributed by atoms with E-state index < -0.39 is 0 Å². The fourth-order valence-corrected chi connectivity index (χ4v) is 3.34. The third-order valence-corrected chi connectivity index (χ3v) is 4.61. The molecule has 2 aromatic carbocycles. The van der Waals surface area contributed by atoms with Crippen LogP contribution in [0.2, 0.25) is 5.02 Å². The summed E-state index contributed by atoms with van der Waals surface area (Å²) in [5.74, 6) is 1.40. The number of carbonyl (C=O) groups is 1. The summed E-state index contributed by atoms with van der Waals surface area (Å²) in [6.45, 7) is 0. The van der Waals surface area contributed by atoms with Crippen molar-refractivity contribution in [2.75, 3.05) is 23.0 Å². The van der Waals surface area contributed by atoms with E-state index in [1.165, 1.54) is 4.90 Å². The monoisotopic (exact) mass is 331 g/mol. The van der Waals surface area contributed by atoms with Gasteiger partial charge in [-0.1, -0.05) is 23.7 Å². The number of halogens is 1. The van der Waals surface area contributed by atoms with Crippen molar-refractivity contribution in [1.82, 2.24) is 0 Å². The van der Waals surface area contributed by atoms with E-state index in [1.54, 1.807) is 36.0 Å². The molecule has 2 amide bonds. The van der Waals surface area contributed by atoms with E-state index in [0.717, 1.165) is 11.5 Å². The molecule has 0 aromatic heterocycles. The second-order valence-corrected chi connectivity index (χ2v) is 6.23. The molecule has 0 saturated heterocycles. The van der Waals surface area contributed by atoms with Crippen molar-refractivity contribution in [3.05, 3.63) is 53.6 Å². The lowest BCUT2D eigenvalue weighted by Gasteiger charge is -2.28. The van der Waals surface area contributed by atoms with Gasteiger partial charge in [-0.05, 0) is 36.4 Å². The van der Waals surface area contributed by atoms with Crippen LogP contribution in [0.3, 0.4) is 0 Å². The van der Waals surface area contributed by atoms with Crippen LogP contribution in [0.1, 0.15) is 0 Å². The Morgan fingerprint density at radius 3 is 2.73 bits per heavy atom. The van der Waals surface area contributed by atoms with E-state index in [2.05, 4.69) is 16.4 Å². The lowest BCUT2D eigenvalue weighted by Crippen LogP contribution is -2.33. The van der Waals surface area contributed by atoms with Gasteiger partial charge in [-0.25, -0.2) is 4.79 Å². The van der Waals surface area contributed by atoms with Crippen LogP contribution in [0, 0.1) is 0 Å². The Bertz CT molecular complexity index is 730. The van der Waals surface area contributed by atoms with Crippen molar-refractivity contribution in [3.8, 4) is 0 Å². The van der Waals surface area contributed by atoms with Crippen LogP contribution in [0.15, 0.2) is 58.4 Å². The topological polar surface area (TPSA) is 44.7 Å². The van der Waals surface area contributed by atoms with Gasteiger partial charge < -0.3 is 10.2 Å². The fourth-order valence-electron chi connectivity index (χ4n) is 2.14. The van der Waals surface area contributed by atoms with Crippen molar-refractivity contribution in [1.29, 1.82) is 0 Å². The molecule has 0 radical (unpaired) electrons. The number of anilines is 2. The minimum Gasteiger partial charge on any atom is -0.331 e. The minimum atomic E-state index is -0.385. The zero-order valence-electron chi connectivity index (χ0n) is 11.9. The van der Waals surface area contributed by atoms with Crippen LogP contribution in [-0.2, 0) is 0 Å². The molecule has 1 N–H and O–H groups in total. The number of amidine groups is 1. The van der Waals surface area contributed by atoms with Gasteiger partial charge in [0.25, 0.3) is 0 Å². The lowest BCUT2D eigenvalue weighted by atomic mass is 10.3. The molecular weight excluding hydrogens is 318 g/mol. The molecule has 1 aliphatic rings. The maximum absolute atomic E-state index is 12.1. The molecule has 0 aliphatic carbocycles. The SMILES string of the molecule is CN1/C(=N/C(=O)Nc2ccc(Cl)cc2)CSc2ccccc21. The largest absolute Gasteiger partial charge is 0.347 e. The average molecular weight is 332 g/mol. The molecule has 1 heterocycles. The standard InChI is InChI=1S/C16H14ClN3OS/c1-20-13-4-2-3-5-14(13)22-10-15(20)19-16(21)18-12-8-6-11(17)7-9-12/h2-9H,10H2,1H3,(H,18,21)/b19-15+. The number of nitrogens with zero attached hydrogens (tertiary/aromatic N) is 2. The predicted molar refractivity (Wildman–Crippen MR) is 93.5 cm³/mol. The van der Waals surface area contributed by atoms with Crippen molar-refractivity contribution in [2.24, 2.45) is 4.99 Å². The van der Waals surface area contributed by atoms with Gasteiger partial charge in [0.2, 0.25) is 0 Å². The van der Waals surface area contributed by atoms with E-state index in [9.17, 15) is 4.79 Å². The van der Waals surface area contributed by atoms with E-state index in [0.29, 0.717) is 16.5 Å². The number of thioether (sulfide) groups is 1. The van der Waals surface area contributed by atoms with Crippen molar-refractivity contribution in [3.63, 3.8) is 0 Å². The smallest absolute Gasteiger partial charge is 0.331 e. The third kappa shape index (κ3) is 3.26. The summed E-state index contributed by atoms with van der Waals surface area (Å²) in [4.78, 5) is 19.4. The first-order valence-electron chi connectivity index (χ1n) is 6.73. The Hall–Kier alpha value is -1.98. The summed E-state index contributed by atoms with van der Waals surface area (Å²) in [5.41, 5.74) is 1.74. The van der Waals surface area contributed by atoms with Crippen molar-refractivity contribution >= 4 is 46.6 Å². The molecule has 6 heteroatoms. The minimum absolute atomic E-state index is 0.385. The Balaban J connectivity index is 1.75. The van der Waals surface area contributed by atoms with Crippen molar-refractivity contribution in [2.45, 2.75) is 4.90 Å². The van der Waals surface area contributed by atoms with Gasteiger partial charge in [0.05, 0.1) is 11.4 Å². The number of benzene rings is 2. The van der Waals surface area contributed by atoms with Gasteiger partial charge in [-0.15, -0.1) is 11.8 Å². The predicted octanol–water partition coefficient (Wildman–Crippen LogP) is 4.51. The number of fused-ring (bicyclic) bond motifs is 1. The van der Waals surface area contributed by atoms with Gasteiger partial charge in [0.1, 0.15) is 5.84 Å². The maximum Gasteiger partial charge on any atom is 0.347 e. The third-order valence-electron chi connectivity index (χ3n) is 3.30. The molecule has 2 aromatic rings. The lowest BCUT2D eigenvalue weighted by molar-refractivity contribution is 0.259. The summed E-state index contributed by atoms with van der Waals surface area (Å²) in [6, 6.07) is 14.6. The summed E-state index contributed by atoms with van der Waals surface area (Å²) >= 11 is 7.50. The quantitative estimate of drug-likeness (QED) is 0.836. The molecule has 0 spiro atoms. The molecule has 22 heavy (non-hydrogen) atoms. The number of urea groups is 1.